The second kappa shape index (κ2) is 9.95. The van der Waals surface area contributed by atoms with E-state index in [0.717, 1.165) is 47.5 Å². The van der Waals surface area contributed by atoms with Gasteiger partial charge in [0.05, 0.1) is 25.5 Å². The molecule has 1 N–H and O–H groups in total. The van der Waals surface area contributed by atoms with Gasteiger partial charge in [-0.2, -0.15) is 4.79 Å². The third kappa shape index (κ3) is 4.90. The number of benzene rings is 1. The Bertz CT molecular complexity index is 1100. The first-order chi connectivity index (χ1) is 16.2. The highest BCUT2D eigenvalue weighted by atomic mass is 35.5. The highest BCUT2D eigenvalue weighted by Gasteiger charge is 2.29. The van der Waals surface area contributed by atoms with Crippen LogP contribution in [-0.2, 0) is 11.2 Å². The van der Waals surface area contributed by atoms with Crippen molar-refractivity contribution in [2.75, 3.05) is 37.9 Å². The van der Waals surface area contributed by atoms with E-state index in [2.05, 4.69) is 17.6 Å². The van der Waals surface area contributed by atoms with Crippen LogP contribution in [0.25, 0.3) is 11.6 Å². The molecule has 1 fully saturated rings. The van der Waals surface area contributed by atoms with E-state index in [9.17, 15) is 4.79 Å². The number of ether oxygens (including phenoxy) is 1. The number of carbonyl (C=O) groups excluding carboxylic acids is 1. The molecule has 1 aromatic carbocycles. The van der Waals surface area contributed by atoms with E-state index in [-0.39, 0.29) is 5.91 Å². The molecule has 8 heteroatoms. The largest absolute Gasteiger partial charge is 0.379 e. The maximum Gasteiger partial charge on any atom is 0.286 e. The predicted molar refractivity (Wildman–Crippen MR) is 130 cm³/mol. The van der Waals surface area contributed by atoms with E-state index in [1.54, 1.807) is 0 Å². The molecule has 7 nitrogen and oxygen atoms in total. The first-order valence-electron chi connectivity index (χ1n) is 11.5. The van der Waals surface area contributed by atoms with Crippen LogP contribution < -0.4 is 10.4 Å². The van der Waals surface area contributed by atoms with Crippen LogP contribution in [0, 0.1) is 0 Å². The van der Waals surface area contributed by atoms with Crippen LogP contribution in [0.1, 0.15) is 46.6 Å². The van der Waals surface area contributed by atoms with Crippen molar-refractivity contribution in [2.45, 2.75) is 25.7 Å². The number of hydrogen-bond acceptors (Lipinski definition) is 5. The topological polar surface area (TPSA) is 62.6 Å². The predicted octanol–water partition coefficient (Wildman–Crippen LogP) is 3.80. The van der Waals surface area contributed by atoms with E-state index in [4.69, 9.17) is 21.4 Å². The molecule has 1 aromatic heterocycles. The smallest absolute Gasteiger partial charge is 0.286 e. The van der Waals surface area contributed by atoms with E-state index < -0.39 is 0 Å². The normalized spacial score (nSPS) is 20.0. The number of morpholine rings is 1. The number of hydrazine groups is 1. The summed E-state index contributed by atoms with van der Waals surface area (Å²) in [6.45, 7) is 3.28. The van der Waals surface area contributed by atoms with Gasteiger partial charge in [-0.1, -0.05) is 35.9 Å². The van der Waals surface area contributed by atoms with E-state index in [1.807, 2.05) is 57.4 Å². The van der Waals surface area contributed by atoms with Crippen molar-refractivity contribution >= 4 is 29.2 Å². The number of aromatic nitrogens is 2. The van der Waals surface area contributed by atoms with Gasteiger partial charge < -0.3 is 4.74 Å². The van der Waals surface area contributed by atoms with Gasteiger partial charge in [0, 0.05) is 29.9 Å². The third-order valence-electron chi connectivity index (χ3n) is 6.13. The lowest BCUT2D eigenvalue weighted by molar-refractivity contribution is 0.0124. The summed E-state index contributed by atoms with van der Waals surface area (Å²) in [4.78, 5) is 15.3. The average molecular weight is 466 g/mol. The zero-order valence-corrected chi connectivity index (χ0v) is 19.3. The fraction of sp³-hybridized carbons (Fsp3) is 0.360. The lowest BCUT2D eigenvalue weighted by atomic mass is 10.0. The minimum Gasteiger partial charge on any atom is -0.379 e. The van der Waals surface area contributed by atoms with Gasteiger partial charge in [0.1, 0.15) is 0 Å². The lowest BCUT2D eigenvalue weighted by Gasteiger charge is -2.26. The summed E-state index contributed by atoms with van der Waals surface area (Å²) in [5.74, 6) is -0.156. The first-order valence-corrected chi connectivity index (χ1v) is 11.9. The van der Waals surface area contributed by atoms with Crippen LogP contribution in [0.5, 0.6) is 0 Å². The standard InChI is InChI=1S/C25H28ClN5O2/c26-21-10-8-19(9-11-21)18-20-6-2-3-7-22-23(25(32)28-29-14-16-33-17-15-29)27-31(24(20)22)30-12-4-1-5-13-30/h1,4-5,8-12,18H,2-3,6-7,13-17H2,(H,28,32)/b20-18+. The summed E-state index contributed by atoms with van der Waals surface area (Å²) in [7, 11) is 0. The summed E-state index contributed by atoms with van der Waals surface area (Å²) in [6.07, 6.45) is 14.1. The van der Waals surface area contributed by atoms with Gasteiger partial charge in [0.2, 0.25) is 0 Å². The number of nitrogens with zero attached hydrogens (tertiary/aromatic N) is 4. The fourth-order valence-electron chi connectivity index (χ4n) is 4.47. The molecule has 0 spiro atoms. The SMILES string of the molecule is O=C(NN1CCOCC1)c1nn(N2C=CC=CC2)c2c1CCCC/C2=C\c1ccc(Cl)cc1. The van der Waals surface area contributed by atoms with Crippen LogP contribution in [0.4, 0.5) is 0 Å². The number of hydrogen-bond donors (Lipinski definition) is 1. The molecule has 3 aliphatic rings. The van der Waals surface area contributed by atoms with Crippen molar-refractivity contribution in [1.29, 1.82) is 0 Å². The van der Waals surface area contributed by atoms with E-state index in [1.165, 1.54) is 5.57 Å². The molecule has 3 heterocycles. The van der Waals surface area contributed by atoms with Crippen molar-refractivity contribution in [3.63, 3.8) is 0 Å². The van der Waals surface area contributed by atoms with E-state index in [0.29, 0.717) is 38.5 Å². The number of nitrogens with one attached hydrogen (secondary N) is 1. The summed E-state index contributed by atoms with van der Waals surface area (Å²) in [5.41, 5.74) is 7.86. The van der Waals surface area contributed by atoms with Crippen LogP contribution in [0.3, 0.4) is 0 Å². The molecular formula is C25H28ClN5O2. The minimum atomic E-state index is -0.156. The Kier molecular flexibility index (Phi) is 6.62. The molecular weight excluding hydrogens is 438 g/mol. The molecule has 5 rings (SSSR count). The number of fused-ring (bicyclic) bond motifs is 1. The molecule has 2 aliphatic heterocycles. The van der Waals surface area contributed by atoms with Crippen LogP contribution in [0.15, 0.2) is 48.7 Å². The maximum atomic E-state index is 13.3. The van der Waals surface area contributed by atoms with Gasteiger partial charge in [-0.3, -0.25) is 15.2 Å². The average Bonchev–Trinajstić information content (AvgIpc) is 3.11. The molecule has 172 valence electrons. The molecule has 1 aliphatic carbocycles. The molecule has 1 saturated heterocycles. The van der Waals surface area contributed by atoms with Crippen molar-refractivity contribution in [3.8, 4) is 0 Å². The molecule has 1 amide bonds. The zero-order chi connectivity index (χ0) is 22.6. The highest BCUT2D eigenvalue weighted by Crippen LogP contribution is 2.34. The molecule has 2 aromatic rings. The van der Waals surface area contributed by atoms with Crippen LogP contribution in [-0.4, -0.2) is 53.7 Å². The molecule has 0 saturated carbocycles. The lowest BCUT2D eigenvalue weighted by Crippen LogP contribution is -2.48. The molecule has 0 atom stereocenters. The number of allylic oxidation sites excluding steroid dienone is 3. The van der Waals surface area contributed by atoms with Crippen molar-refractivity contribution in [3.05, 3.63) is 76.2 Å². The summed E-state index contributed by atoms with van der Waals surface area (Å²) >= 11 is 6.09. The van der Waals surface area contributed by atoms with Gasteiger partial charge in [-0.15, -0.1) is 5.10 Å². The molecule has 33 heavy (non-hydrogen) atoms. The van der Waals surface area contributed by atoms with E-state index >= 15 is 0 Å². The molecule has 0 radical (unpaired) electrons. The summed E-state index contributed by atoms with van der Waals surface area (Å²) < 4.78 is 5.41. The van der Waals surface area contributed by atoms with Gasteiger partial charge in [0.15, 0.2) is 5.69 Å². The number of carbonyl (C=O) groups is 1. The van der Waals surface area contributed by atoms with Gasteiger partial charge in [-0.25, -0.2) is 5.01 Å². The Hall–Kier alpha value is -2.87. The maximum absolute atomic E-state index is 13.3. The zero-order valence-electron chi connectivity index (χ0n) is 18.5. The number of halogens is 1. The van der Waals surface area contributed by atoms with Crippen molar-refractivity contribution < 1.29 is 9.53 Å². The van der Waals surface area contributed by atoms with Crippen LogP contribution in [0.2, 0.25) is 5.02 Å². The Labute approximate surface area is 198 Å². The summed E-state index contributed by atoms with van der Waals surface area (Å²) in [5, 5.41) is 9.54. The third-order valence-corrected chi connectivity index (χ3v) is 6.38. The number of amides is 1. The second-order valence-electron chi connectivity index (χ2n) is 8.43. The molecule has 0 unspecified atom stereocenters. The van der Waals surface area contributed by atoms with Crippen molar-refractivity contribution in [2.24, 2.45) is 0 Å². The minimum absolute atomic E-state index is 0.156. The highest BCUT2D eigenvalue weighted by molar-refractivity contribution is 6.30. The van der Waals surface area contributed by atoms with Gasteiger partial charge >= 0.3 is 0 Å². The second-order valence-corrected chi connectivity index (χ2v) is 8.86. The Morgan fingerprint density at radius 3 is 2.64 bits per heavy atom. The number of rotatable bonds is 4. The monoisotopic (exact) mass is 465 g/mol. The van der Waals surface area contributed by atoms with Gasteiger partial charge in [0.25, 0.3) is 5.91 Å². The van der Waals surface area contributed by atoms with Crippen molar-refractivity contribution in [1.82, 2.24) is 20.3 Å². The van der Waals surface area contributed by atoms with Gasteiger partial charge in [-0.05, 0) is 61.1 Å². The first kappa shape index (κ1) is 21.9. The Morgan fingerprint density at radius 2 is 1.88 bits per heavy atom. The quantitative estimate of drug-likeness (QED) is 0.696. The fourth-order valence-corrected chi connectivity index (χ4v) is 4.60. The van der Waals surface area contributed by atoms with Crippen LogP contribution >= 0.6 is 11.6 Å². The Balaban J connectivity index is 1.56. The summed E-state index contributed by atoms with van der Waals surface area (Å²) in [6, 6.07) is 7.86. The Morgan fingerprint density at radius 1 is 1.09 bits per heavy atom. The molecule has 0 bridgehead atoms.